The molecule has 0 amide bonds. The van der Waals surface area contributed by atoms with Gasteiger partial charge in [0.15, 0.2) is 0 Å². The molecule has 4 rings (SSSR count). The average molecular weight is 344 g/mol. The lowest BCUT2D eigenvalue weighted by Crippen LogP contribution is -2.09. The molecule has 0 aromatic carbocycles. The second-order valence-electron chi connectivity index (χ2n) is 6.04. The summed E-state index contributed by atoms with van der Waals surface area (Å²) >= 11 is 3.59. The van der Waals surface area contributed by atoms with Crippen molar-refractivity contribution in [2.45, 2.75) is 57.4 Å². The van der Waals surface area contributed by atoms with Gasteiger partial charge in [-0.25, -0.2) is 15.0 Å². The molecule has 3 heterocycles. The van der Waals surface area contributed by atoms with Gasteiger partial charge in [0, 0.05) is 11.1 Å². The number of thiophene rings is 1. The molecule has 0 bridgehead atoms. The Hall–Kier alpha value is -1.20. The van der Waals surface area contributed by atoms with Crippen LogP contribution in [-0.4, -0.2) is 20.7 Å². The third kappa shape index (κ3) is 2.54. The van der Waals surface area contributed by atoms with E-state index in [0.717, 1.165) is 29.1 Å². The fourth-order valence-corrected chi connectivity index (χ4v) is 5.59. The number of aryl methyl sites for hydroxylation is 2. The number of nitrogens with zero attached hydrogens (tertiary/aromatic N) is 3. The highest BCUT2D eigenvalue weighted by Gasteiger charge is 2.22. The minimum absolute atomic E-state index is 1.03. The van der Waals surface area contributed by atoms with Gasteiger partial charge in [-0.05, 0) is 49.0 Å². The predicted molar refractivity (Wildman–Crippen MR) is 99.8 cm³/mol. The number of thioether (sulfide) groups is 1. The summed E-state index contributed by atoms with van der Waals surface area (Å²) < 4.78 is 1.23. The molecule has 0 N–H and O–H groups in total. The number of fused-ring (bicyclic) bond motifs is 5. The summed E-state index contributed by atoms with van der Waals surface area (Å²) in [6, 6.07) is 0. The van der Waals surface area contributed by atoms with Gasteiger partial charge in [-0.1, -0.05) is 20.3 Å². The zero-order valence-electron chi connectivity index (χ0n) is 13.7. The largest absolute Gasteiger partial charge is 0.242 e. The summed E-state index contributed by atoms with van der Waals surface area (Å²) in [6.07, 6.45) is 8.92. The number of hydrogen-bond acceptors (Lipinski definition) is 5. The van der Waals surface area contributed by atoms with Crippen LogP contribution in [0, 0.1) is 0 Å². The van der Waals surface area contributed by atoms with E-state index >= 15 is 0 Å². The van der Waals surface area contributed by atoms with Crippen LogP contribution >= 0.6 is 23.1 Å². The van der Waals surface area contributed by atoms with Crippen LogP contribution in [0.5, 0.6) is 0 Å². The molecule has 0 fully saturated rings. The number of pyridine rings is 1. The molecule has 0 saturated carbocycles. The highest BCUT2D eigenvalue weighted by molar-refractivity contribution is 7.99. The smallest absolute Gasteiger partial charge is 0.126 e. The summed E-state index contributed by atoms with van der Waals surface area (Å²) in [5.74, 6) is 1.03. The Morgan fingerprint density at radius 3 is 2.74 bits per heavy atom. The predicted octanol–water partition coefficient (Wildman–Crippen LogP) is 5.18. The molecule has 1 aliphatic rings. The van der Waals surface area contributed by atoms with Crippen molar-refractivity contribution in [1.29, 1.82) is 0 Å². The van der Waals surface area contributed by atoms with Gasteiger partial charge in [-0.2, -0.15) is 0 Å². The summed E-state index contributed by atoms with van der Waals surface area (Å²) in [6.45, 7) is 4.42. The Bertz CT molecular complexity index is 870. The van der Waals surface area contributed by atoms with Crippen molar-refractivity contribution in [2.24, 2.45) is 0 Å². The molecule has 0 saturated heterocycles. The van der Waals surface area contributed by atoms with Crippen molar-refractivity contribution in [1.82, 2.24) is 15.0 Å². The third-order valence-electron chi connectivity index (χ3n) is 4.54. The third-order valence-corrected chi connectivity index (χ3v) is 6.62. The number of hydrogen-bond donors (Lipinski definition) is 0. The number of aromatic nitrogens is 3. The lowest BCUT2D eigenvalue weighted by Gasteiger charge is -2.19. The molecule has 120 valence electrons. The topological polar surface area (TPSA) is 38.7 Å². The van der Waals surface area contributed by atoms with E-state index in [1.807, 2.05) is 0 Å². The normalized spacial score (nSPS) is 14.5. The van der Waals surface area contributed by atoms with E-state index in [4.69, 9.17) is 4.98 Å². The van der Waals surface area contributed by atoms with Crippen LogP contribution in [0.25, 0.3) is 20.4 Å². The van der Waals surface area contributed by atoms with Crippen molar-refractivity contribution in [3.8, 4) is 0 Å². The second kappa shape index (κ2) is 6.36. The Morgan fingerprint density at radius 1 is 1.13 bits per heavy atom. The summed E-state index contributed by atoms with van der Waals surface area (Å²) in [5, 5.41) is 2.43. The average Bonchev–Trinajstić information content (AvgIpc) is 2.95. The van der Waals surface area contributed by atoms with Crippen LogP contribution in [0.3, 0.4) is 0 Å². The van der Waals surface area contributed by atoms with E-state index in [2.05, 4.69) is 23.8 Å². The van der Waals surface area contributed by atoms with Gasteiger partial charge in [0.05, 0.1) is 10.2 Å². The molecule has 0 spiro atoms. The fraction of sp³-hybridized carbons (Fsp3) is 0.500. The Balaban J connectivity index is 2.05. The van der Waals surface area contributed by atoms with Gasteiger partial charge in [-0.3, -0.25) is 0 Å². The van der Waals surface area contributed by atoms with Crippen molar-refractivity contribution < 1.29 is 0 Å². The molecule has 23 heavy (non-hydrogen) atoms. The SMILES string of the molecule is CCCc1nc2sc3c(SCC)ncnc3c2c2c1CCCC2. The van der Waals surface area contributed by atoms with E-state index in [0.29, 0.717) is 0 Å². The van der Waals surface area contributed by atoms with Crippen LogP contribution in [0.1, 0.15) is 49.9 Å². The Labute approximate surface area is 144 Å². The van der Waals surface area contributed by atoms with Crippen LogP contribution in [0.2, 0.25) is 0 Å². The molecular weight excluding hydrogens is 322 g/mol. The first kappa shape index (κ1) is 15.3. The van der Waals surface area contributed by atoms with E-state index in [1.54, 1.807) is 29.4 Å². The first-order valence-electron chi connectivity index (χ1n) is 8.54. The highest BCUT2D eigenvalue weighted by Crippen LogP contribution is 2.41. The lowest BCUT2D eigenvalue weighted by molar-refractivity contribution is 0.675. The van der Waals surface area contributed by atoms with Gasteiger partial charge >= 0.3 is 0 Å². The van der Waals surface area contributed by atoms with Crippen molar-refractivity contribution in [2.75, 3.05) is 5.75 Å². The van der Waals surface area contributed by atoms with E-state index in [1.165, 1.54) is 57.4 Å². The summed E-state index contributed by atoms with van der Waals surface area (Å²) in [4.78, 5) is 15.4. The highest BCUT2D eigenvalue weighted by atomic mass is 32.2. The van der Waals surface area contributed by atoms with Crippen LogP contribution in [0.15, 0.2) is 11.4 Å². The maximum atomic E-state index is 5.06. The molecule has 3 aromatic heterocycles. The Morgan fingerprint density at radius 2 is 1.96 bits per heavy atom. The molecule has 1 aliphatic carbocycles. The molecule has 3 aromatic rings. The van der Waals surface area contributed by atoms with Crippen LogP contribution in [0.4, 0.5) is 0 Å². The monoisotopic (exact) mass is 343 g/mol. The minimum atomic E-state index is 1.03. The quantitative estimate of drug-likeness (QED) is 0.483. The van der Waals surface area contributed by atoms with Crippen LogP contribution in [-0.2, 0) is 19.3 Å². The standard InChI is InChI=1S/C18H21N3S2/c1-3-7-13-11-8-5-6-9-12(11)14-15-16(23-17(14)21-13)18(22-4-2)20-10-19-15/h10H,3-9H2,1-2H3. The van der Waals surface area contributed by atoms with Gasteiger partial charge < -0.3 is 0 Å². The Kier molecular flexibility index (Phi) is 4.24. The fourth-order valence-electron chi connectivity index (χ4n) is 3.60. The van der Waals surface area contributed by atoms with Gasteiger partial charge in [0.1, 0.15) is 16.2 Å². The van der Waals surface area contributed by atoms with Gasteiger partial charge in [0.2, 0.25) is 0 Å². The van der Waals surface area contributed by atoms with Crippen molar-refractivity contribution >= 4 is 43.5 Å². The lowest BCUT2D eigenvalue weighted by atomic mass is 9.88. The molecule has 0 atom stereocenters. The first-order chi connectivity index (χ1) is 11.3. The van der Waals surface area contributed by atoms with E-state index < -0.39 is 0 Å². The molecule has 5 heteroatoms. The van der Waals surface area contributed by atoms with Crippen molar-refractivity contribution in [3.05, 3.63) is 23.1 Å². The number of rotatable bonds is 4. The maximum Gasteiger partial charge on any atom is 0.126 e. The van der Waals surface area contributed by atoms with Crippen molar-refractivity contribution in [3.63, 3.8) is 0 Å². The molecular formula is C18H21N3S2. The molecule has 0 unspecified atom stereocenters. The van der Waals surface area contributed by atoms with Crippen LogP contribution < -0.4 is 0 Å². The molecule has 3 nitrogen and oxygen atoms in total. The zero-order valence-corrected chi connectivity index (χ0v) is 15.3. The molecule has 0 radical (unpaired) electrons. The first-order valence-corrected chi connectivity index (χ1v) is 10.3. The zero-order chi connectivity index (χ0) is 15.8. The van der Waals surface area contributed by atoms with Gasteiger partial charge in [0.25, 0.3) is 0 Å². The van der Waals surface area contributed by atoms with Gasteiger partial charge in [-0.15, -0.1) is 23.1 Å². The minimum Gasteiger partial charge on any atom is -0.242 e. The van der Waals surface area contributed by atoms with E-state index in [9.17, 15) is 0 Å². The summed E-state index contributed by atoms with van der Waals surface area (Å²) in [5.41, 5.74) is 5.51. The van der Waals surface area contributed by atoms with E-state index in [-0.39, 0.29) is 0 Å². The maximum absolute atomic E-state index is 5.06. The molecule has 0 aliphatic heterocycles. The second-order valence-corrected chi connectivity index (χ2v) is 8.30. The summed E-state index contributed by atoms with van der Waals surface area (Å²) in [7, 11) is 0.